The van der Waals surface area contributed by atoms with E-state index in [9.17, 15) is 9.90 Å². The van der Waals surface area contributed by atoms with Crippen LogP contribution < -0.4 is 0 Å². The molecule has 3 rings (SSSR count). The summed E-state index contributed by atoms with van der Waals surface area (Å²) in [6.07, 6.45) is 4.77. The lowest BCUT2D eigenvalue weighted by Crippen LogP contribution is -2.42. The normalized spacial score (nSPS) is 31.7. The summed E-state index contributed by atoms with van der Waals surface area (Å²) < 4.78 is 5.56. The highest BCUT2D eigenvalue weighted by molar-refractivity contribution is 6.12. The van der Waals surface area contributed by atoms with E-state index in [1.54, 1.807) is 0 Å². The van der Waals surface area contributed by atoms with Crippen LogP contribution in [0.1, 0.15) is 51.1 Å². The number of carbonyl (C=O) groups is 1. The molecule has 0 saturated heterocycles. The molecule has 1 aromatic rings. The van der Waals surface area contributed by atoms with Crippen LogP contribution in [0.15, 0.2) is 33.3 Å². The van der Waals surface area contributed by atoms with Crippen LogP contribution in [0, 0.1) is 12.3 Å². The van der Waals surface area contributed by atoms with E-state index in [0.717, 1.165) is 41.7 Å². The minimum absolute atomic E-state index is 0.102. The van der Waals surface area contributed by atoms with E-state index in [-0.39, 0.29) is 17.3 Å². The van der Waals surface area contributed by atoms with Gasteiger partial charge < -0.3 is 9.52 Å². The zero-order valence-corrected chi connectivity index (χ0v) is 12.9. The number of hydrogen-bond acceptors (Lipinski definition) is 3. The SMILES string of the molecule is CC1=C2CCC[C@H](O)[C@@]2(C)C/C(=C\c2ccc(C)o2)C1=O. The van der Waals surface area contributed by atoms with E-state index in [2.05, 4.69) is 6.92 Å². The molecule has 1 N–H and O–H groups in total. The molecule has 0 bridgehead atoms. The fourth-order valence-electron chi connectivity index (χ4n) is 3.79. The molecule has 1 heterocycles. The molecular formula is C18H22O3. The van der Waals surface area contributed by atoms with Crippen LogP contribution in [0.5, 0.6) is 0 Å². The Morgan fingerprint density at radius 2 is 2.14 bits per heavy atom. The lowest BCUT2D eigenvalue weighted by atomic mass is 9.61. The highest BCUT2D eigenvalue weighted by Crippen LogP contribution is 2.50. The van der Waals surface area contributed by atoms with Gasteiger partial charge in [0.1, 0.15) is 11.5 Å². The molecule has 0 radical (unpaired) electrons. The largest absolute Gasteiger partial charge is 0.462 e. The van der Waals surface area contributed by atoms with Crippen molar-refractivity contribution in [2.75, 3.05) is 0 Å². The van der Waals surface area contributed by atoms with Gasteiger partial charge in [0.25, 0.3) is 0 Å². The predicted octanol–water partition coefficient (Wildman–Crippen LogP) is 3.81. The van der Waals surface area contributed by atoms with Gasteiger partial charge in [0.15, 0.2) is 5.78 Å². The second-order valence-electron chi connectivity index (χ2n) is 6.55. The molecule has 2 aliphatic rings. The van der Waals surface area contributed by atoms with E-state index in [0.29, 0.717) is 12.2 Å². The van der Waals surface area contributed by atoms with Crippen molar-refractivity contribution in [1.82, 2.24) is 0 Å². The van der Waals surface area contributed by atoms with E-state index < -0.39 is 0 Å². The fraction of sp³-hybridized carbons (Fsp3) is 0.500. The van der Waals surface area contributed by atoms with Gasteiger partial charge in [0.05, 0.1) is 6.10 Å². The maximum atomic E-state index is 12.6. The van der Waals surface area contributed by atoms with Gasteiger partial charge in [-0.05, 0) is 63.3 Å². The predicted molar refractivity (Wildman–Crippen MR) is 81.7 cm³/mol. The average molecular weight is 286 g/mol. The highest BCUT2D eigenvalue weighted by atomic mass is 16.3. The molecule has 1 saturated carbocycles. The van der Waals surface area contributed by atoms with Crippen LogP contribution in [0.4, 0.5) is 0 Å². The smallest absolute Gasteiger partial charge is 0.184 e. The number of aliphatic hydroxyl groups is 1. The Kier molecular flexibility index (Phi) is 3.40. The molecule has 2 aliphatic carbocycles. The molecule has 3 nitrogen and oxygen atoms in total. The lowest BCUT2D eigenvalue weighted by molar-refractivity contribution is -0.113. The zero-order valence-electron chi connectivity index (χ0n) is 12.9. The second kappa shape index (κ2) is 4.99. The molecule has 0 aliphatic heterocycles. The number of aryl methyl sites for hydroxylation is 1. The van der Waals surface area contributed by atoms with Gasteiger partial charge in [-0.15, -0.1) is 0 Å². The van der Waals surface area contributed by atoms with Crippen LogP contribution >= 0.6 is 0 Å². The van der Waals surface area contributed by atoms with Gasteiger partial charge in [-0.3, -0.25) is 4.79 Å². The number of rotatable bonds is 1. The summed E-state index contributed by atoms with van der Waals surface area (Å²) >= 11 is 0. The number of hydrogen-bond donors (Lipinski definition) is 1. The van der Waals surface area contributed by atoms with Crippen molar-refractivity contribution in [3.8, 4) is 0 Å². The molecule has 0 aromatic carbocycles. The summed E-state index contributed by atoms with van der Waals surface area (Å²) in [7, 11) is 0. The van der Waals surface area contributed by atoms with Crippen molar-refractivity contribution in [1.29, 1.82) is 0 Å². The molecule has 2 atom stereocenters. The van der Waals surface area contributed by atoms with E-state index in [4.69, 9.17) is 4.42 Å². The fourth-order valence-corrected chi connectivity index (χ4v) is 3.79. The summed E-state index contributed by atoms with van der Waals surface area (Å²) in [6.45, 7) is 5.87. The Morgan fingerprint density at radius 3 is 2.81 bits per heavy atom. The van der Waals surface area contributed by atoms with E-state index in [1.165, 1.54) is 0 Å². The Bertz CT molecular complexity index is 647. The van der Waals surface area contributed by atoms with Crippen molar-refractivity contribution in [2.45, 2.75) is 52.6 Å². The summed E-state index contributed by atoms with van der Waals surface area (Å²) in [5.41, 5.74) is 2.41. The van der Waals surface area contributed by atoms with Crippen LogP contribution in [0.3, 0.4) is 0 Å². The first kappa shape index (κ1) is 14.3. The number of Topliss-reactive ketones (excluding diaryl/α,β-unsaturated/α-hetero) is 1. The van der Waals surface area contributed by atoms with Gasteiger partial charge in [-0.25, -0.2) is 0 Å². The van der Waals surface area contributed by atoms with E-state index in [1.807, 2.05) is 32.1 Å². The zero-order chi connectivity index (χ0) is 15.2. The summed E-state index contributed by atoms with van der Waals surface area (Å²) in [4.78, 5) is 12.6. The van der Waals surface area contributed by atoms with Crippen LogP contribution in [-0.4, -0.2) is 17.0 Å². The summed E-state index contributed by atoms with van der Waals surface area (Å²) in [5, 5.41) is 10.5. The summed E-state index contributed by atoms with van der Waals surface area (Å²) in [5.74, 6) is 1.65. The summed E-state index contributed by atoms with van der Waals surface area (Å²) in [6, 6.07) is 3.77. The van der Waals surface area contributed by atoms with Crippen molar-refractivity contribution in [3.05, 3.63) is 40.4 Å². The van der Waals surface area contributed by atoms with Crippen LogP contribution in [0.2, 0.25) is 0 Å². The third kappa shape index (κ3) is 2.30. The Morgan fingerprint density at radius 1 is 1.38 bits per heavy atom. The third-order valence-corrected chi connectivity index (χ3v) is 5.05. The van der Waals surface area contributed by atoms with Crippen LogP contribution in [-0.2, 0) is 4.79 Å². The molecule has 0 unspecified atom stereocenters. The molecule has 1 fully saturated rings. The minimum Gasteiger partial charge on any atom is -0.462 e. The van der Waals surface area contributed by atoms with Gasteiger partial charge in [0, 0.05) is 11.0 Å². The molecular weight excluding hydrogens is 264 g/mol. The van der Waals surface area contributed by atoms with Crippen molar-refractivity contribution >= 4 is 11.9 Å². The van der Waals surface area contributed by atoms with Gasteiger partial charge >= 0.3 is 0 Å². The maximum Gasteiger partial charge on any atom is 0.184 e. The molecule has 21 heavy (non-hydrogen) atoms. The maximum absolute atomic E-state index is 12.6. The number of allylic oxidation sites excluding steroid dienone is 2. The van der Waals surface area contributed by atoms with Crippen LogP contribution in [0.25, 0.3) is 6.08 Å². The molecule has 1 aromatic heterocycles. The standard InChI is InChI=1S/C18H22O3/c1-11-7-8-14(21-11)9-13-10-18(3)15(12(2)17(13)20)5-4-6-16(18)19/h7-9,16,19H,4-6,10H2,1-3H3/b13-9+/t16-,18-/m0/s1. The number of ketones is 1. The van der Waals surface area contributed by atoms with Gasteiger partial charge in [-0.2, -0.15) is 0 Å². The number of furan rings is 1. The van der Waals surface area contributed by atoms with Crippen molar-refractivity contribution in [2.24, 2.45) is 5.41 Å². The topological polar surface area (TPSA) is 50.4 Å². The van der Waals surface area contributed by atoms with E-state index >= 15 is 0 Å². The van der Waals surface area contributed by atoms with Gasteiger partial charge in [0.2, 0.25) is 0 Å². The minimum atomic E-state index is -0.369. The highest BCUT2D eigenvalue weighted by Gasteiger charge is 2.45. The number of fused-ring (bicyclic) bond motifs is 1. The second-order valence-corrected chi connectivity index (χ2v) is 6.55. The quantitative estimate of drug-likeness (QED) is 0.799. The average Bonchev–Trinajstić information content (AvgIpc) is 2.84. The molecule has 3 heteroatoms. The third-order valence-electron chi connectivity index (χ3n) is 5.05. The first-order valence-corrected chi connectivity index (χ1v) is 7.62. The molecule has 0 spiro atoms. The lowest BCUT2D eigenvalue weighted by Gasteiger charge is -2.45. The van der Waals surface area contributed by atoms with Crippen molar-refractivity contribution < 1.29 is 14.3 Å². The number of carbonyl (C=O) groups excluding carboxylic acids is 1. The number of aliphatic hydroxyl groups excluding tert-OH is 1. The first-order chi connectivity index (χ1) is 9.91. The van der Waals surface area contributed by atoms with Crippen molar-refractivity contribution in [3.63, 3.8) is 0 Å². The monoisotopic (exact) mass is 286 g/mol. The van der Waals surface area contributed by atoms with Gasteiger partial charge in [-0.1, -0.05) is 12.5 Å². The Hall–Kier alpha value is -1.61. The Balaban J connectivity index is 2.04. The first-order valence-electron chi connectivity index (χ1n) is 7.62. The Labute approximate surface area is 125 Å². The molecule has 112 valence electrons. The molecule has 0 amide bonds.